The minimum absolute atomic E-state index is 0.674. The molecule has 5 heteroatoms. The van der Waals surface area contributed by atoms with Gasteiger partial charge in [-0.1, -0.05) is 96.8 Å². The van der Waals surface area contributed by atoms with E-state index in [0.717, 1.165) is 16.9 Å². The second kappa shape index (κ2) is 24.4. The van der Waals surface area contributed by atoms with E-state index in [0.29, 0.717) is 19.8 Å². The van der Waals surface area contributed by atoms with Crippen LogP contribution >= 0.6 is 0 Å². The molecule has 0 aliphatic carbocycles. The zero-order valence-corrected chi connectivity index (χ0v) is 26.1. The lowest BCUT2D eigenvalue weighted by atomic mass is 10.0. The fourth-order valence-electron chi connectivity index (χ4n) is 5.08. The maximum Gasteiger partial charge on any atom is 0.500 e. The third-order valence-electron chi connectivity index (χ3n) is 7.21. The number of hydrogen-bond donors (Lipinski definition) is 0. The Morgan fingerprint density at radius 2 is 0.743 bits per heavy atom. The molecule has 0 N–H and O–H groups in total. The van der Waals surface area contributed by atoms with Crippen LogP contribution < -0.4 is 0 Å². The van der Waals surface area contributed by atoms with Gasteiger partial charge in [-0.3, -0.25) is 0 Å². The van der Waals surface area contributed by atoms with E-state index >= 15 is 0 Å². The van der Waals surface area contributed by atoms with Crippen LogP contribution in [0.15, 0.2) is 0 Å². The van der Waals surface area contributed by atoms with Gasteiger partial charge in [-0.15, -0.1) is 0 Å². The van der Waals surface area contributed by atoms with E-state index in [1.165, 1.54) is 122 Å². The molecule has 35 heavy (non-hydrogen) atoms. The van der Waals surface area contributed by atoms with Crippen LogP contribution in [-0.4, -0.2) is 60.3 Å². The second-order valence-electron chi connectivity index (χ2n) is 11.1. The molecule has 0 unspecified atom stereocenters. The summed E-state index contributed by atoms with van der Waals surface area (Å²) in [5.41, 5.74) is 0. The zero-order valence-electron chi connectivity index (χ0n) is 25.1. The van der Waals surface area contributed by atoms with Crippen LogP contribution in [0.25, 0.3) is 0 Å². The predicted octanol–water partition coefficient (Wildman–Crippen LogP) is 9.15. The van der Waals surface area contributed by atoms with Gasteiger partial charge in [-0.2, -0.15) is 0 Å². The maximum atomic E-state index is 6.00. The van der Waals surface area contributed by atoms with E-state index in [9.17, 15) is 0 Å². The van der Waals surface area contributed by atoms with Crippen molar-refractivity contribution in [2.75, 3.05) is 47.0 Å². The van der Waals surface area contributed by atoms with Gasteiger partial charge in [0.15, 0.2) is 0 Å². The molecule has 0 atom stereocenters. The number of unbranched alkanes of at least 4 members (excludes halogenated alkanes) is 16. The predicted molar refractivity (Wildman–Crippen MR) is 156 cm³/mol. The van der Waals surface area contributed by atoms with Crippen molar-refractivity contribution in [1.82, 2.24) is 0 Å². The number of quaternary nitrogens is 1. The molecule has 0 aromatic heterocycles. The van der Waals surface area contributed by atoms with Crippen molar-refractivity contribution < 1.29 is 17.8 Å². The smallest absolute Gasteiger partial charge is 0.374 e. The molecule has 0 spiro atoms. The van der Waals surface area contributed by atoms with Crippen LogP contribution in [0, 0.1) is 0 Å². The first kappa shape index (κ1) is 35.1. The first-order chi connectivity index (χ1) is 16.9. The van der Waals surface area contributed by atoms with E-state index in [1.54, 1.807) is 0 Å². The highest BCUT2D eigenvalue weighted by Gasteiger charge is 2.39. The van der Waals surface area contributed by atoms with Gasteiger partial charge < -0.3 is 17.8 Å². The molecular formula is C30H66NO3Si+. The molecule has 0 aromatic rings. The Morgan fingerprint density at radius 3 is 1.09 bits per heavy atom. The SMILES string of the molecule is CCCCCCCCCCCCCCCCCC[N+](C)(C)CCCC[Si](OCC)(OCC)OCC. The summed E-state index contributed by atoms with van der Waals surface area (Å²) in [5, 5.41) is 0. The Bertz CT molecular complexity index is 417. The summed E-state index contributed by atoms with van der Waals surface area (Å²) in [7, 11) is 2.32. The lowest BCUT2D eigenvalue weighted by Crippen LogP contribution is -2.46. The lowest BCUT2D eigenvalue weighted by Gasteiger charge is -2.31. The Labute approximate surface area is 222 Å². The van der Waals surface area contributed by atoms with Crippen molar-refractivity contribution in [3.05, 3.63) is 0 Å². The van der Waals surface area contributed by atoms with E-state index in [4.69, 9.17) is 13.3 Å². The van der Waals surface area contributed by atoms with E-state index in [2.05, 4.69) is 21.0 Å². The standard InChI is InChI=1S/C30H66NO3Si/c1-7-11-12-13-14-15-16-17-18-19-20-21-22-23-24-25-28-31(5,6)29-26-27-30-35(32-8-2,33-9-3)34-10-4/h7-30H2,1-6H3/q+1. The average molecular weight is 517 g/mol. The zero-order chi connectivity index (χ0) is 26.1. The molecule has 0 amide bonds. The molecule has 0 radical (unpaired) electrons. The molecule has 0 aromatic carbocycles. The van der Waals surface area contributed by atoms with Crippen molar-refractivity contribution in [2.24, 2.45) is 0 Å². The Kier molecular flexibility index (Phi) is 24.4. The summed E-state index contributed by atoms with van der Waals surface area (Å²) in [6.07, 6.45) is 25.3. The van der Waals surface area contributed by atoms with Crippen LogP contribution in [0.4, 0.5) is 0 Å². The lowest BCUT2D eigenvalue weighted by molar-refractivity contribution is -0.890. The largest absolute Gasteiger partial charge is 0.500 e. The van der Waals surface area contributed by atoms with Crippen LogP contribution in [0.3, 0.4) is 0 Å². The normalized spacial score (nSPS) is 12.5. The monoisotopic (exact) mass is 516 g/mol. The molecular weight excluding hydrogens is 450 g/mol. The minimum Gasteiger partial charge on any atom is -0.374 e. The first-order valence-electron chi connectivity index (χ1n) is 15.7. The summed E-state index contributed by atoms with van der Waals surface area (Å²) in [6.45, 7) is 13.0. The van der Waals surface area contributed by atoms with Gasteiger partial charge in [0.05, 0.1) is 27.2 Å². The Hall–Kier alpha value is 0.0569. The van der Waals surface area contributed by atoms with E-state index < -0.39 is 8.80 Å². The molecule has 0 heterocycles. The molecule has 0 rings (SSSR count). The Balaban J connectivity index is 3.65. The molecule has 0 saturated carbocycles. The molecule has 4 nitrogen and oxygen atoms in total. The summed E-state index contributed by atoms with van der Waals surface area (Å²) >= 11 is 0. The summed E-state index contributed by atoms with van der Waals surface area (Å²) < 4.78 is 19.1. The second-order valence-corrected chi connectivity index (χ2v) is 13.9. The maximum absolute atomic E-state index is 6.00. The fraction of sp³-hybridized carbons (Fsp3) is 1.00. The van der Waals surface area contributed by atoms with Crippen LogP contribution in [0.5, 0.6) is 0 Å². The van der Waals surface area contributed by atoms with Gasteiger partial charge in [-0.05, 0) is 46.5 Å². The van der Waals surface area contributed by atoms with Crippen molar-refractivity contribution >= 4 is 8.80 Å². The Morgan fingerprint density at radius 1 is 0.429 bits per heavy atom. The van der Waals surface area contributed by atoms with Crippen LogP contribution in [-0.2, 0) is 13.3 Å². The highest BCUT2D eigenvalue weighted by atomic mass is 28.4. The molecule has 0 bridgehead atoms. The highest BCUT2D eigenvalue weighted by Crippen LogP contribution is 2.20. The molecule has 0 saturated heterocycles. The molecule has 0 aliphatic heterocycles. The number of rotatable bonds is 28. The number of nitrogens with zero attached hydrogens (tertiary/aromatic N) is 1. The van der Waals surface area contributed by atoms with Gasteiger partial charge in [0, 0.05) is 25.9 Å². The quantitative estimate of drug-likeness (QED) is 0.0589. The molecule has 0 fully saturated rings. The summed E-state index contributed by atoms with van der Waals surface area (Å²) in [6, 6.07) is 0.946. The summed E-state index contributed by atoms with van der Waals surface area (Å²) in [4.78, 5) is 0. The number of hydrogen-bond acceptors (Lipinski definition) is 3. The highest BCUT2D eigenvalue weighted by molar-refractivity contribution is 6.60. The van der Waals surface area contributed by atoms with E-state index in [-0.39, 0.29) is 0 Å². The fourth-order valence-corrected chi connectivity index (χ4v) is 7.77. The molecule has 212 valence electrons. The van der Waals surface area contributed by atoms with Crippen LogP contribution in [0.1, 0.15) is 143 Å². The van der Waals surface area contributed by atoms with Crippen molar-refractivity contribution in [3.63, 3.8) is 0 Å². The minimum atomic E-state index is -2.46. The van der Waals surface area contributed by atoms with Crippen molar-refractivity contribution in [1.29, 1.82) is 0 Å². The topological polar surface area (TPSA) is 27.7 Å². The van der Waals surface area contributed by atoms with Gasteiger partial charge in [0.25, 0.3) is 0 Å². The average Bonchev–Trinajstić information content (AvgIpc) is 2.82. The third-order valence-corrected chi connectivity index (χ3v) is 10.4. The molecule has 0 aliphatic rings. The van der Waals surface area contributed by atoms with Gasteiger partial charge >= 0.3 is 8.80 Å². The van der Waals surface area contributed by atoms with E-state index in [1.807, 2.05) is 20.8 Å². The van der Waals surface area contributed by atoms with Crippen molar-refractivity contribution in [3.8, 4) is 0 Å². The summed E-state index contributed by atoms with van der Waals surface area (Å²) in [5.74, 6) is 0. The van der Waals surface area contributed by atoms with Crippen LogP contribution in [0.2, 0.25) is 6.04 Å². The van der Waals surface area contributed by atoms with Gasteiger partial charge in [0.2, 0.25) is 0 Å². The first-order valence-corrected chi connectivity index (χ1v) is 17.6. The van der Waals surface area contributed by atoms with Crippen molar-refractivity contribution in [2.45, 2.75) is 149 Å². The van der Waals surface area contributed by atoms with Gasteiger partial charge in [-0.25, -0.2) is 0 Å². The van der Waals surface area contributed by atoms with Gasteiger partial charge in [0.1, 0.15) is 0 Å². The third kappa shape index (κ3) is 21.8.